The fourth-order valence-corrected chi connectivity index (χ4v) is 1.81. The molecule has 0 spiro atoms. The summed E-state index contributed by atoms with van der Waals surface area (Å²) in [4.78, 5) is 11.5. The number of hydrogen-bond donors (Lipinski definition) is 0. The zero-order chi connectivity index (χ0) is 10.6. The summed E-state index contributed by atoms with van der Waals surface area (Å²) in [6.07, 6.45) is 5.87. The molecule has 0 saturated carbocycles. The van der Waals surface area contributed by atoms with Gasteiger partial charge >= 0.3 is 0 Å². The minimum atomic E-state index is -0.0135. The zero-order valence-corrected chi connectivity index (χ0v) is 9.73. The zero-order valence-electron chi connectivity index (χ0n) is 7.39. The fourth-order valence-electron chi connectivity index (χ4n) is 1.04. The second-order valence-corrected chi connectivity index (χ2v) is 4.07. The van der Waals surface area contributed by atoms with E-state index in [0.717, 1.165) is 4.47 Å². The SMILES string of the molecule is C#CCCC(=O)c1ccc(Br)cc1Cl. The van der Waals surface area contributed by atoms with Crippen LogP contribution in [-0.2, 0) is 0 Å². The number of benzene rings is 1. The Labute approximate surface area is 96.6 Å². The van der Waals surface area contributed by atoms with Crippen molar-refractivity contribution in [3.8, 4) is 12.3 Å². The molecule has 0 aliphatic carbocycles. The summed E-state index contributed by atoms with van der Waals surface area (Å²) in [5, 5.41) is 0.460. The van der Waals surface area contributed by atoms with Gasteiger partial charge in [-0.1, -0.05) is 27.5 Å². The van der Waals surface area contributed by atoms with Crippen LogP contribution in [-0.4, -0.2) is 5.78 Å². The van der Waals surface area contributed by atoms with Crippen LogP contribution < -0.4 is 0 Å². The van der Waals surface area contributed by atoms with Gasteiger partial charge in [0, 0.05) is 22.9 Å². The molecule has 0 bridgehead atoms. The number of ketones is 1. The lowest BCUT2D eigenvalue weighted by atomic mass is 10.1. The minimum Gasteiger partial charge on any atom is -0.294 e. The predicted molar refractivity (Wildman–Crippen MR) is 61.5 cm³/mol. The van der Waals surface area contributed by atoms with E-state index in [0.29, 0.717) is 23.4 Å². The van der Waals surface area contributed by atoms with Crippen LogP contribution >= 0.6 is 27.5 Å². The van der Waals surface area contributed by atoms with Crippen molar-refractivity contribution in [2.75, 3.05) is 0 Å². The van der Waals surface area contributed by atoms with Gasteiger partial charge in [0.25, 0.3) is 0 Å². The molecule has 1 nitrogen and oxygen atoms in total. The van der Waals surface area contributed by atoms with E-state index < -0.39 is 0 Å². The topological polar surface area (TPSA) is 17.1 Å². The Hall–Kier alpha value is -0.780. The highest BCUT2D eigenvalue weighted by atomic mass is 79.9. The van der Waals surface area contributed by atoms with Crippen LogP contribution in [0, 0.1) is 12.3 Å². The maximum atomic E-state index is 11.5. The van der Waals surface area contributed by atoms with Gasteiger partial charge in [0.2, 0.25) is 0 Å². The molecule has 1 aromatic carbocycles. The molecule has 0 N–H and O–H groups in total. The molecule has 0 aromatic heterocycles. The third-order valence-electron chi connectivity index (χ3n) is 1.73. The first-order valence-corrected chi connectivity index (χ1v) is 5.24. The number of carbonyl (C=O) groups is 1. The summed E-state index contributed by atoms with van der Waals surface area (Å²) < 4.78 is 0.857. The minimum absolute atomic E-state index is 0.0135. The van der Waals surface area contributed by atoms with Gasteiger partial charge < -0.3 is 0 Å². The predicted octanol–water partition coefficient (Wildman–Crippen LogP) is 3.70. The van der Waals surface area contributed by atoms with Crippen LogP contribution in [0.15, 0.2) is 22.7 Å². The second kappa shape index (κ2) is 5.19. The molecule has 0 aliphatic heterocycles. The number of hydrogen-bond acceptors (Lipinski definition) is 1. The number of rotatable bonds is 3. The molecule has 1 aromatic rings. The smallest absolute Gasteiger partial charge is 0.165 e. The van der Waals surface area contributed by atoms with Crippen LogP contribution in [0.25, 0.3) is 0 Å². The van der Waals surface area contributed by atoms with Crippen LogP contribution in [0.2, 0.25) is 5.02 Å². The van der Waals surface area contributed by atoms with Crippen molar-refractivity contribution < 1.29 is 4.79 Å². The van der Waals surface area contributed by atoms with Crippen molar-refractivity contribution in [1.29, 1.82) is 0 Å². The Kier molecular flexibility index (Phi) is 4.19. The molecular weight excluding hydrogens is 263 g/mol. The van der Waals surface area contributed by atoms with Crippen molar-refractivity contribution in [1.82, 2.24) is 0 Å². The van der Waals surface area contributed by atoms with Gasteiger partial charge in [0.15, 0.2) is 5.78 Å². The van der Waals surface area contributed by atoms with Crippen molar-refractivity contribution in [2.24, 2.45) is 0 Å². The summed E-state index contributed by atoms with van der Waals surface area (Å²) in [6, 6.07) is 5.19. The second-order valence-electron chi connectivity index (χ2n) is 2.75. The lowest BCUT2D eigenvalue weighted by Gasteiger charge is -2.01. The molecule has 0 radical (unpaired) electrons. The van der Waals surface area contributed by atoms with E-state index in [1.807, 2.05) is 0 Å². The quantitative estimate of drug-likeness (QED) is 0.605. The van der Waals surface area contributed by atoms with E-state index in [4.69, 9.17) is 18.0 Å². The van der Waals surface area contributed by atoms with Gasteiger partial charge in [-0.25, -0.2) is 0 Å². The van der Waals surface area contributed by atoms with E-state index in [9.17, 15) is 4.79 Å². The van der Waals surface area contributed by atoms with Gasteiger partial charge in [-0.3, -0.25) is 4.79 Å². The fraction of sp³-hybridized carbons (Fsp3) is 0.182. The summed E-state index contributed by atoms with van der Waals surface area (Å²) in [6.45, 7) is 0. The Balaban J connectivity index is 2.86. The van der Waals surface area contributed by atoms with Crippen molar-refractivity contribution in [2.45, 2.75) is 12.8 Å². The molecule has 0 fully saturated rings. The van der Waals surface area contributed by atoms with Gasteiger partial charge in [-0.2, -0.15) is 0 Å². The molecule has 14 heavy (non-hydrogen) atoms. The summed E-state index contributed by atoms with van der Waals surface area (Å²) >= 11 is 9.17. The molecule has 0 amide bonds. The Bertz CT molecular complexity index is 393. The van der Waals surface area contributed by atoms with Crippen LogP contribution in [0.4, 0.5) is 0 Å². The number of Topliss-reactive ketones (excluding diaryl/α,β-unsaturated/α-hetero) is 1. The van der Waals surface area contributed by atoms with Crippen molar-refractivity contribution in [3.05, 3.63) is 33.3 Å². The lowest BCUT2D eigenvalue weighted by molar-refractivity contribution is 0.0984. The first kappa shape index (κ1) is 11.3. The van der Waals surface area contributed by atoms with Crippen LogP contribution in [0.5, 0.6) is 0 Å². The van der Waals surface area contributed by atoms with E-state index in [1.54, 1.807) is 18.2 Å². The van der Waals surface area contributed by atoms with E-state index in [1.165, 1.54) is 0 Å². The Morgan fingerprint density at radius 2 is 2.29 bits per heavy atom. The highest BCUT2D eigenvalue weighted by Gasteiger charge is 2.09. The average molecular weight is 272 g/mol. The van der Waals surface area contributed by atoms with Gasteiger partial charge in [-0.15, -0.1) is 12.3 Å². The largest absolute Gasteiger partial charge is 0.294 e. The van der Waals surface area contributed by atoms with E-state index >= 15 is 0 Å². The number of terminal acetylenes is 1. The Morgan fingerprint density at radius 3 is 2.86 bits per heavy atom. The normalized spacial score (nSPS) is 9.50. The summed E-state index contributed by atoms with van der Waals surface area (Å²) in [5.74, 6) is 2.41. The molecule has 1 rings (SSSR count). The third-order valence-corrected chi connectivity index (χ3v) is 2.53. The summed E-state index contributed by atoms with van der Waals surface area (Å²) in [7, 11) is 0. The highest BCUT2D eigenvalue weighted by Crippen LogP contribution is 2.22. The monoisotopic (exact) mass is 270 g/mol. The third kappa shape index (κ3) is 2.87. The summed E-state index contributed by atoms with van der Waals surface area (Å²) in [5.41, 5.74) is 0.533. The molecule has 0 saturated heterocycles. The molecule has 72 valence electrons. The highest BCUT2D eigenvalue weighted by molar-refractivity contribution is 9.10. The maximum absolute atomic E-state index is 11.5. The van der Waals surface area contributed by atoms with Crippen molar-refractivity contribution >= 4 is 33.3 Å². The molecule has 3 heteroatoms. The molecular formula is C11H8BrClO. The first-order chi connectivity index (χ1) is 6.65. The first-order valence-electron chi connectivity index (χ1n) is 4.07. The van der Waals surface area contributed by atoms with Gasteiger partial charge in [0.05, 0.1) is 5.02 Å². The number of halogens is 2. The molecule has 0 aliphatic rings. The standard InChI is InChI=1S/C11H8BrClO/c1-2-3-4-11(14)9-6-5-8(12)7-10(9)13/h1,5-7H,3-4H2. The van der Waals surface area contributed by atoms with Crippen LogP contribution in [0.1, 0.15) is 23.2 Å². The van der Waals surface area contributed by atoms with Crippen molar-refractivity contribution in [3.63, 3.8) is 0 Å². The van der Waals surface area contributed by atoms with E-state index in [2.05, 4.69) is 21.9 Å². The van der Waals surface area contributed by atoms with E-state index in [-0.39, 0.29) is 5.78 Å². The van der Waals surface area contributed by atoms with Crippen LogP contribution in [0.3, 0.4) is 0 Å². The molecule has 0 unspecified atom stereocenters. The van der Waals surface area contributed by atoms with Gasteiger partial charge in [-0.05, 0) is 18.2 Å². The number of carbonyl (C=O) groups excluding carboxylic acids is 1. The lowest BCUT2D eigenvalue weighted by Crippen LogP contribution is -1.99. The molecule has 0 atom stereocenters. The van der Waals surface area contributed by atoms with Gasteiger partial charge in [0.1, 0.15) is 0 Å². The average Bonchev–Trinajstić information content (AvgIpc) is 2.14. The Morgan fingerprint density at radius 1 is 1.57 bits per heavy atom. The molecule has 0 heterocycles. The maximum Gasteiger partial charge on any atom is 0.165 e.